The van der Waals surface area contributed by atoms with Crippen molar-refractivity contribution in [1.82, 2.24) is 0 Å². The molecule has 100 valence electrons. The number of aryl methyl sites for hydroxylation is 1. The van der Waals surface area contributed by atoms with Crippen LogP contribution in [-0.2, 0) is 6.42 Å². The molecular formula is C16H18ClNO. The van der Waals surface area contributed by atoms with Crippen molar-refractivity contribution in [1.29, 1.82) is 0 Å². The maximum Gasteiger partial charge on any atom is 0.0773 e. The van der Waals surface area contributed by atoms with Crippen molar-refractivity contribution < 1.29 is 5.11 Å². The minimum absolute atomic E-state index is 0.405. The molecule has 0 aliphatic carbocycles. The Bertz CT molecular complexity index is 542. The zero-order chi connectivity index (χ0) is 13.8. The van der Waals surface area contributed by atoms with Crippen LogP contribution in [0.5, 0.6) is 0 Å². The first-order valence-corrected chi connectivity index (χ1v) is 6.69. The molecule has 2 atom stereocenters. The van der Waals surface area contributed by atoms with Crippen molar-refractivity contribution in [3.05, 3.63) is 70.2 Å². The van der Waals surface area contributed by atoms with E-state index in [2.05, 4.69) is 0 Å². The molecule has 3 heteroatoms. The van der Waals surface area contributed by atoms with E-state index in [0.29, 0.717) is 11.4 Å². The number of halogens is 1. The summed E-state index contributed by atoms with van der Waals surface area (Å²) in [4.78, 5) is 0. The highest BCUT2D eigenvalue weighted by molar-refractivity contribution is 6.30. The number of aliphatic hydroxyl groups excluding tert-OH is 1. The van der Waals surface area contributed by atoms with E-state index in [1.807, 2.05) is 49.4 Å². The Hall–Kier alpha value is -1.35. The zero-order valence-corrected chi connectivity index (χ0v) is 11.6. The van der Waals surface area contributed by atoms with Gasteiger partial charge in [0.25, 0.3) is 0 Å². The molecule has 0 saturated carbocycles. The van der Waals surface area contributed by atoms with E-state index < -0.39 is 12.1 Å². The summed E-state index contributed by atoms with van der Waals surface area (Å²) in [5.41, 5.74) is 9.17. The summed E-state index contributed by atoms with van der Waals surface area (Å²) in [5.74, 6) is 0. The second-order valence-electron chi connectivity index (χ2n) is 4.78. The molecule has 0 radical (unpaired) electrons. The zero-order valence-electron chi connectivity index (χ0n) is 10.9. The van der Waals surface area contributed by atoms with E-state index in [4.69, 9.17) is 17.3 Å². The molecule has 3 N–H and O–H groups in total. The summed E-state index contributed by atoms with van der Waals surface area (Å²) >= 11 is 5.93. The minimum Gasteiger partial charge on any atom is -0.391 e. The van der Waals surface area contributed by atoms with Gasteiger partial charge in [-0.15, -0.1) is 0 Å². The van der Waals surface area contributed by atoms with E-state index in [-0.39, 0.29) is 0 Å². The van der Waals surface area contributed by atoms with Gasteiger partial charge in [-0.25, -0.2) is 0 Å². The van der Waals surface area contributed by atoms with Crippen molar-refractivity contribution in [2.45, 2.75) is 25.5 Å². The van der Waals surface area contributed by atoms with Crippen molar-refractivity contribution in [3.8, 4) is 0 Å². The molecule has 2 aromatic carbocycles. The van der Waals surface area contributed by atoms with Gasteiger partial charge in [-0.2, -0.15) is 0 Å². The van der Waals surface area contributed by atoms with E-state index in [1.54, 1.807) is 6.07 Å². The van der Waals surface area contributed by atoms with Crippen molar-refractivity contribution in [2.24, 2.45) is 5.73 Å². The van der Waals surface area contributed by atoms with Crippen LogP contribution >= 0.6 is 11.6 Å². The number of benzene rings is 2. The molecule has 19 heavy (non-hydrogen) atoms. The summed E-state index contributed by atoms with van der Waals surface area (Å²) in [6.07, 6.45) is -0.0633. The summed E-state index contributed by atoms with van der Waals surface area (Å²) in [6.45, 7) is 1.95. The average Bonchev–Trinajstić information content (AvgIpc) is 2.39. The third-order valence-corrected chi connectivity index (χ3v) is 3.53. The predicted octanol–water partition coefficient (Wildman–Crippen LogP) is 3.25. The van der Waals surface area contributed by atoms with Crippen LogP contribution in [0.15, 0.2) is 48.5 Å². The lowest BCUT2D eigenvalue weighted by Crippen LogP contribution is -2.28. The first-order valence-electron chi connectivity index (χ1n) is 6.31. The smallest absolute Gasteiger partial charge is 0.0773 e. The van der Waals surface area contributed by atoms with Gasteiger partial charge in [0, 0.05) is 11.4 Å². The maximum atomic E-state index is 10.3. The highest BCUT2D eigenvalue weighted by atomic mass is 35.5. The molecule has 0 aliphatic heterocycles. The minimum atomic E-state index is -0.609. The second kappa shape index (κ2) is 6.20. The number of aliphatic hydroxyl groups is 1. The van der Waals surface area contributed by atoms with Crippen LogP contribution in [0.1, 0.15) is 22.7 Å². The Morgan fingerprint density at radius 2 is 1.84 bits per heavy atom. The van der Waals surface area contributed by atoms with Gasteiger partial charge in [0.05, 0.1) is 12.1 Å². The first kappa shape index (κ1) is 14.1. The number of nitrogens with two attached hydrogens (primary N) is 1. The molecule has 2 nitrogen and oxygen atoms in total. The van der Waals surface area contributed by atoms with Crippen LogP contribution < -0.4 is 5.73 Å². The summed E-state index contributed by atoms with van der Waals surface area (Å²) in [5, 5.41) is 10.9. The summed E-state index contributed by atoms with van der Waals surface area (Å²) in [6, 6.07) is 15.0. The fraction of sp³-hybridized carbons (Fsp3) is 0.250. The van der Waals surface area contributed by atoms with Gasteiger partial charge in [0.2, 0.25) is 0 Å². The Morgan fingerprint density at radius 3 is 2.47 bits per heavy atom. The third-order valence-electron chi connectivity index (χ3n) is 3.29. The molecule has 2 aromatic rings. The molecule has 0 bridgehead atoms. The van der Waals surface area contributed by atoms with Crippen LogP contribution in [0.3, 0.4) is 0 Å². The SMILES string of the molecule is Cc1cc(Cl)ccc1[C@@H](N)[C@@H](O)Cc1ccccc1. The average molecular weight is 276 g/mol. The van der Waals surface area contributed by atoms with E-state index >= 15 is 0 Å². The highest BCUT2D eigenvalue weighted by Gasteiger charge is 2.18. The van der Waals surface area contributed by atoms with Crippen LogP contribution in [-0.4, -0.2) is 11.2 Å². The van der Waals surface area contributed by atoms with Crippen LogP contribution in [0, 0.1) is 6.92 Å². The second-order valence-corrected chi connectivity index (χ2v) is 5.22. The molecule has 0 heterocycles. The maximum absolute atomic E-state index is 10.3. The topological polar surface area (TPSA) is 46.2 Å². The lowest BCUT2D eigenvalue weighted by atomic mass is 9.94. The van der Waals surface area contributed by atoms with Crippen LogP contribution in [0.4, 0.5) is 0 Å². The van der Waals surface area contributed by atoms with Gasteiger partial charge in [0.15, 0.2) is 0 Å². The molecule has 0 amide bonds. The van der Waals surface area contributed by atoms with Crippen molar-refractivity contribution >= 4 is 11.6 Å². The van der Waals surface area contributed by atoms with Gasteiger partial charge in [0.1, 0.15) is 0 Å². The molecule has 0 unspecified atom stereocenters. The van der Waals surface area contributed by atoms with Crippen LogP contribution in [0.2, 0.25) is 5.02 Å². The quantitative estimate of drug-likeness (QED) is 0.900. The fourth-order valence-electron chi connectivity index (χ4n) is 2.20. The first-order chi connectivity index (χ1) is 9.08. The highest BCUT2D eigenvalue weighted by Crippen LogP contribution is 2.23. The Kier molecular flexibility index (Phi) is 4.59. The van der Waals surface area contributed by atoms with Gasteiger partial charge in [-0.05, 0) is 35.7 Å². The van der Waals surface area contributed by atoms with Crippen LogP contribution in [0.25, 0.3) is 0 Å². The molecule has 0 spiro atoms. The molecule has 0 aromatic heterocycles. The summed E-state index contributed by atoms with van der Waals surface area (Å²) in [7, 11) is 0. The normalized spacial score (nSPS) is 14.1. The Labute approximate surface area is 118 Å². The van der Waals surface area contributed by atoms with Crippen molar-refractivity contribution in [3.63, 3.8) is 0 Å². The molecular weight excluding hydrogens is 258 g/mol. The molecule has 0 fully saturated rings. The number of hydrogen-bond acceptors (Lipinski definition) is 2. The summed E-state index contributed by atoms with van der Waals surface area (Å²) < 4.78 is 0. The van der Waals surface area contributed by atoms with Gasteiger partial charge in [-0.3, -0.25) is 0 Å². The molecule has 0 saturated heterocycles. The Balaban J connectivity index is 2.12. The number of hydrogen-bond donors (Lipinski definition) is 2. The van der Waals surface area contributed by atoms with E-state index in [0.717, 1.165) is 16.7 Å². The van der Waals surface area contributed by atoms with Gasteiger partial charge >= 0.3 is 0 Å². The molecule has 2 rings (SSSR count). The lowest BCUT2D eigenvalue weighted by molar-refractivity contribution is 0.145. The van der Waals surface area contributed by atoms with E-state index in [1.165, 1.54) is 0 Å². The largest absolute Gasteiger partial charge is 0.391 e. The standard InChI is InChI=1S/C16H18ClNO/c1-11-9-13(17)7-8-14(11)16(18)15(19)10-12-5-3-2-4-6-12/h2-9,15-16,19H,10,18H2,1H3/t15-,16+/m0/s1. The van der Waals surface area contributed by atoms with Gasteiger partial charge < -0.3 is 10.8 Å². The number of rotatable bonds is 4. The predicted molar refractivity (Wildman–Crippen MR) is 79.3 cm³/mol. The van der Waals surface area contributed by atoms with Crippen molar-refractivity contribution in [2.75, 3.05) is 0 Å². The lowest BCUT2D eigenvalue weighted by Gasteiger charge is -2.21. The third kappa shape index (κ3) is 3.57. The van der Waals surface area contributed by atoms with E-state index in [9.17, 15) is 5.11 Å². The monoisotopic (exact) mass is 275 g/mol. The Morgan fingerprint density at radius 1 is 1.16 bits per heavy atom. The van der Waals surface area contributed by atoms with Gasteiger partial charge in [-0.1, -0.05) is 48.0 Å². The fourth-order valence-corrected chi connectivity index (χ4v) is 2.43. The molecule has 0 aliphatic rings.